The molecule has 0 bridgehead atoms. The van der Waals surface area contributed by atoms with Gasteiger partial charge in [-0.1, -0.05) is 11.8 Å². The molecule has 0 unspecified atom stereocenters. The molecule has 0 aliphatic rings. The highest BCUT2D eigenvalue weighted by atomic mass is 32.2. The molecule has 0 atom stereocenters. The number of alkyl halides is 3. The zero-order valence-electron chi connectivity index (χ0n) is 8.69. The van der Waals surface area contributed by atoms with Crippen LogP contribution in [0.1, 0.15) is 5.56 Å². The lowest BCUT2D eigenvalue weighted by Gasteiger charge is -2.04. The lowest BCUT2D eigenvalue weighted by atomic mass is 10.2. The highest BCUT2D eigenvalue weighted by molar-refractivity contribution is 8.01. The maximum absolute atomic E-state index is 12.5. The SMILES string of the molecule is O=C(O)CSc1nc2cc(C(F)(F)F)ccc2s1. The summed E-state index contributed by atoms with van der Waals surface area (Å²) in [6.07, 6.45) is -4.40. The van der Waals surface area contributed by atoms with Crippen LogP contribution in [0.5, 0.6) is 0 Å². The molecule has 1 aromatic heterocycles. The Morgan fingerprint density at radius 1 is 1.44 bits per heavy atom. The molecule has 0 aliphatic carbocycles. The summed E-state index contributed by atoms with van der Waals surface area (Å²) in [4.78, 5) is 14.4. The first-order chi connectivity index (χ1) is 8.36. The average molecular weight is 293 g/mol. The number of carbonyl (C=O) groups is 1. The van der Waals surface area contributed by atoms with Gasteiger partial charge in [-0.2, -0.15) is 13.2 Å². The van der Waals surface area contributed by atoms with Crippen LogP contribution < -0.4 is 0 Å². The van der Waals surface area contributed by atoms with E-state index in [1.165, 1.54) is 17.4 Å². The quantitative estimate of drug-likeness (QED) is 0.880. The lowest BCUT2D eigenvalue weighted by molar-refractivity contribution is -0.137. The van der Waals surface area contributed by atoms with E-state index in [4.69, 9.17) is 5.11 Å². The van der Waals surface area contributed by atoms with Crippen molar-refractivity contribution in [2.24, 2.45) is 0 Å². The fraction of sp³-hybridized carbons (Fsp3) is 0.200. The van der Waals surface area contributed by atoms with E-state index in [0.717, 1.165) is 23.9 Å². The summed E-state index contributed by atoms with van der Waals surface area (Å²) in [5, 5.41) is 8.51. The van der Waals surface area contributed by atoms with E-state index in [0.29, 0.717) is 9.04 Å². The van der Waals surface area contributed by atoms with Crippen molar-refractivity contribution >= 4 is 39.3 Å². The first-order valence-electron chi connectivity index (χ1n) is 4.68. The van der Waals surface area contributed by atoms with Crippen molar-refractivity contribution in [3.63, 3.8) is 0 Å². The van der Waals surface area contributed by atoms with Crippen LogP contribution >= 0.6 is 23.1 Å². The number of fused-ring (bicyclic) bond motifs is 1. The molecule has 0 radical (unpaired) electrons. The van der Waals surface area contributed by atoms with E-state index < -0.39 is 17.7 Å². The van der Waals surface area contributed by atoms with Gasteiger partial charge in [0, 0.05) is 0 Å². The minimum absolute atomic E-state index is 0.161. The van der Waals surface area contributed by atoms with Crippen LogP contribution in [0.4, 0.5) is 13.2 Å². The predicted octanol–water partition coefficient (Wildman–Crippen LogP) is 3.49. The molecule has 18 heavy (non-hydrogen) atoms. The van der Waals surface area contributed by atoms with E-state index >= 15 is 0 Å². The number of carboxylic acid groups (broad SMARTS) is 1. The van der Waals surface area contributed by atoms with Crippen LogP contribution in [0.2, 0.25) is 0 Å². The molecule has 0 aliphatic heterocycles. The van der Waals surface area contributed by atoms with Crippen molar-refractivity contribution in [1.29, 1.82) is 0 Å². The van der Waals surface area contributed by atoms with Crippen LogP contribution in [0.15, 0.2) is 22.5 Å². The molecule has 1 aromatic carbocycles. The maximum Gasteiger partial charge on any atom is 0.416 e. The number of nitrogens with zero attached hydrogens (tertiary/aromatic N) is 1. The normalized spacial score (nSPS) is 11.9. The third-order valence-electron chi connectivity index (χ3n) is 2.01. The van der Waals surface area contributed by atoms with Gasteiger partial charge in [0.05, 0.1) is 21.5 Å². The number of carboxylic acids is 1. The Hall–Kier alpha value is -1.28. The summed E-state index contributed by atoms with van der Waals surface area (Å²) in [6, 6.07) is 3.31. The summed E-state index contributed by atoms with van der Waals surface area (Å²) in [6.45, 7) is 0. The number of aliphatic carboxylic acids is 1. The average Bonchev–Trinajstić information content (AvgIpc) is 2.66. The van der Waals surface area contributed by atoms with Crippen molar-refractivity contribution in [3.05, 3.63) is 23.8 Å². The summed E-state index contributed by atoms with van der Waals surface area (Å²) in [7, 11) is 0. The van der Waals surface area contributed by atoms with Gasteiger partial charge in [-0.05, 0) is 18.2 Å². The molecular formula is C10H6F3NO2S2. The third-order valence-corrected chi connectivity index (χ3v) is 4.18. The zero-order chi connectivity index (χ0) is 13.3. The summed E-state index contributed by atoms with van der Waals surface area (Å²) in [5.41, 5.74) is -0.516. The smallest absolute Gasteiger partial charge is 0.416 e. The minimum atomic E-state index is -4.40. The lowest BCUT2D eigenvalue weighted by Crippen LogP contribution is -2.03. The van der Waals surface area contributed by atoms with Crippen LogP contribution in [0, 0.1) is 0 Å². The molecule has 3 nitrogen and oxygen atoms in total. The molecule has 0 fully saturated rings. The number of halogens is 3. The number of rotatable bonds is 3. The molecule has 0 saturated heterocycles. The molecule has 2 rings (SSSR count). The Bertz CT molecular complexity index is 594. The van der Waals surface area contributed by atoms with Gasteiger partial charge in [-0.25, -0.2) is 4.98 Å². The van der Waals surface area contributed by atoms with E-state index in [1.807, 2.05) is 0 Å². The second-order valence-corrected chi connectivity index (χ2v) is 5.60. The second-order valence-electron chi connectivity index (χ2n) is 3.34. The first-order valence-corrected chi connectivity index (χ1v) is 6.49. The van der Waals surface area contributed by atoms with E-state index in [1.54, 1.807) is 0 Å². The molecule has 8 heteroatoms. The van der Waals surface area contributed by atoms with E-state index in [2.05, 4.69) is 4.98 Å². The summed E-state index contributed by atoms with van der Waals surface area (Å²) < 4.78 is 38.5. The van der Waals surface area contributed by atoms with Gasteiger partial charge in [0.25, 0.3) is 0 Å². The Labute approximate surface area is 108 Å². The van der Waals surface area contributed by atoms with E-state index in [-0.39, 0.29) is 11.3 Å². The molecule has 0 amide bonds. The standard InChI is InChI=1S/C10H6F3NO2S2/c11-10(12,13)5-1-2-7-6(3-5)14-9(18-7)17-4-8(15)16/h1-3H,4H2,(H,15,16). The Balaban J connectivity index is 2.31. The third kappa shape index (κ3) is 2.94. The van der Waals surface area contributed by atoms with Gasteiger partial charge in [0.1, 0.15) is 0 Å². The number of thioether (sulfide) groups is 1. The zero-order valence-corrected chi connectivity index (χ0v) is 10.3. The number of hydrogen-bond acceptors (Lipinski definition) is 4. The topological polar surface area (TPSA) is 50.2 Å². The highest BCUT2D eigenvalue weighted by Gasteiger charge is 2.30. The summed E-state index contributed by atoms with van der Waals surface area (Å²) in [5.74, 6) is -1.15. The van der Waals surface area contributed by atoms with Crippen molar-refractivity contribution in [3.8, 4) is 0 Å². The predicted molar refractivity (Wildman–Crippen MR) is 63.0 cm³/mol. The van der Waals surface area contributed by atoms with Crippen LogP contribution in [0.3, 0.4) is 0 Å². The largest absolute Gasteiger partial charge is 0.481 e. The molecule has 0 saturated carbocycles. The molecule has 1 heterocycles. The van der Waals surface area contributed by atoms with E-state index in [9.17, 15) is 18.0 Å². The van der Waals surface area contributed by atoms with Crippen LogP contribution in [-0.4, -0.2) is 21.8 Å². The van der Waals surface area contributed by atoms with Gasteiger partial charge in [-0.3, -0.25) is 4.79 Å². The fourth-order valence-corrected chi connectivity index (χ4v) is 3.04. The number of benzene rings is 1. The van der Waals surface area contributed by atoms with Crippen molar-refractivity contribution in [2.75, 3.05) is 5.75 Å². The van der Waals surface area contributed by atoms with Gasteiger partial charge in [-0.15, -0.1) is 11.3 Å². The van der Waals surface area contributed by atoms with Crippen molar-refractivity contribution < 1.29 is 23.1 Å². The van der Waals surface area contributed by atoms with Crippen molar-refractivity contribution in [1.82, 2.24) is 4.98 Å². The monoisotopic (exact) mass is 293 g/mol. The van der Waals surface area contributed by atoms with Gasteiger partial charge >= 0.3 is 12.1 Å². The van der Waals surface area contributed by atoms with Crippen LogP contribution in [0.25, 0.3) is 10.2 Å². The molecule has 1 N–H and O–H groups in total. The minimum Gasteiger partial charge on any atom is -0.481 e. The number of hydrogen-bond donors (Lipinski definition) is 1. The van der Waals surface area contributed by atoms with Crippen molar-refractivity contribution in [2.45, 2.75) is 10.5 Å². The van der Waals surface area contributed by atoms with Crippen LogP contribution in [-0.2, 0) is 11.0 Å². The van der Waals surface area contributed by atoms with Gasteiger partial charge < -0.3 is 5.11 Å². The maximum atomic E-state index is 12.5. The molecule has 0 spiro atoms. The fourth-order valence-electron chi connectivity index (χ4n) is 1.27. The Morgan fingerprint density at radius 3 is 2.78 bits per heavy atom. The highest BCUT2D eigenvalue weighted by Crippen LogP contribution is 2.34. The molecular weight excluding hydrogens is 287 g/mol. The van der Waals surface area contributed by atoms with Gasteiger partial charge in [0.2, 0.25) is 0 Å². The Kier molecular flexibility index (Phi) is 3.49. The number of thiazole rings is 1. The molecule has 96 valence electrons. The van der Waals surface area contributed by atoms with Gasteiger partial charge in [0.15, 0.2) is 4.34 Å². The molecule has 2 aromatic rings. The number of aromatic nitrogens is 1. The Morgan fingerprint density at radius 2 is 2.17 bits per heavy atom. The first kappa shape index (κ1) is 13.2. The second kappa shape index (κ2) is 4.77. The summed E-state index contributed by atoms with van der Waals surface area (Å²) >= 11 is 2.17.